The van der Waals surface area contributed by atoms with Gasteiger partial charge in [-0.3, -0.25) is 0 Å². The Labute approximate surface area is 127 Å². The fourth-order valence-corrected chi connectivity index (χ4v) is 3.36. The van der Waals surface area contributed by atoms with E-state index in [0.717, 1.165) is 17.5 Å². The molecule has 0 amide bonds. The molecule has 1 heterocycles. The molecule has 0 aliphatic heterocycles. The maximum Gasteiger partial charge on any atom is 0.0666 e. The Balaban J connectivity index is 1.69. The Hall–Kier alpha value is -1.77. The largest absolute Gasteiger partial charge is 0.382 e. The van der Waals surface area contributed by atoms with Gasteiger partial charge < -0.3 is 5.32 Å². The predicted octanol–water partition coefficient (Wildman–Crippen LogP) is 4.50. The summed E-state index contributed by atoms with van der Waals surface area (Å²) in [6, 6.07) is 11.1. The van der Waals surface area contributed by atoms with Crippen LogP contribution in [-0.2, 0) is 0 Å². The van der Waals surface area contributed by atoms with Crippen LogP contribution in [0.5, 0.6) is 0 Å². The minimum Gasteiger partial charge on any atom is -0.382 e. The van der Waals surface area contributed by atoms with Crippen LogP contribution in [0.4, 0.5) is 5.69 Å². The Kier molecular flexibility index (Phi) is 4.28. The van der Waals surface area contributed by atoms with Crippen LogP contribution in [0, 0.1) is 11.8 Å². The molecule has 3 heteroatoms. The van der Waals surface area contributed by atoms with Crippen molar-refractivity contribution < 1.29 is 0 Å². The molecule has 21 heavy (non-hydrogen) atoms. The van der Waals surface area contributed by atoms with Gasteiger partial charge in [0.2, 0.25) is 0 Å². The minimum atomic E-state index is 0.610. The van der Waals surface area contributed by atoms with Gasteiger partial charge in [0, 0.05) is 24.1 Å². The molecule has 1 N–H and O–H groups in total. The topological polar surface area (TPSA) is 29.9 Å². The molecular formula is C18H25N3. The van der Waals surface area contributed by atoms with Gasteiger partial charge in [0.05, 0.1) is 5.69 Å². The average molecular weight is 283 g/mol. The SMILES string of the molecule is CC(C)C1CCCC(Nc2cccc(-n3cccn3)c2)C1. The molecule has 112 valence electrons. The first-order chi connectivity index (χ1) is 10.2. The van der Waals surface area contributed by atoms with E-state index in [-0.39, 0.29) is 0 Å². The van der Waals surface area contributed by atoms with E-state index in [0.29, 0.717) is 6.04 Å². The predicted molar refractivity (Wildman–Crippen MR) is 87.8 cm³/mol. The van der Waals surface area contributed by atoms with Crippen molar-refractivity contribution in [2.45, 2.75) is 45.6 Å². The zero-order valence-corrected chi connectivity index (χ0v) is 13.0. The zero-order chi connectivity index (χ0) is 14.7. The fourth-order valence-electron chi connectivity index (χ4n) is 3.36. The van der Waals surface area contributed by atoms with Gasteiger partial charge in [-0.05, 0) is 48.9 Å². The molecule has 1 aliphatic rings. The highest BCUT2D eigenvalue weighted by molar-refractivity contribution is 5.51. The minimum absolute atomic E-state index is 0.610. The normalized spacial score (nSPS) is 22.4. The van der Waals surface area contributed by atoms with Crippen molar-refractivity contribution in [3.05, 3.63) is 42.7 Å². The first kappa shape index (κ1) is 14.2. The molecule has 1 saturated carbocycles. The monoisotopic (exact) mass is 283 g/mol. The highest BCUT2D eigenvalue weighted by Crippen LogP contribution is 2.31. The first-order valence-corrected chi connectivity index (χ1v) is 8.09. The van der Waals surface area contributed by atoms with Crippen molar-refractivity contribution in [3.8, 4) is 5.69 Å². The molecule has 2 unspecified atom stereocenters. The van der Waals surface area contributed by atoms with Crippen LogP contribution in [0.1, 0.15) is 39.5 Å². The molecule has 3 nitrogen and oxygen atoms in total. The lowest BCUT2D eigenvalue weighted by Crippen LogP contribution is -2.29. The third kappa shape index (κ3) is 3.46. The summed E-state index contributed by atoms with van der Waals surface area (Å²) in [6.45, 7) is 4.71. The van der Waals surface area contributed by atoms with Crippen LogP contribution < -0.4 is 5.32 Å². The number of hydrogen-bond donors (Lipinski definition) is 1. The smallest absolute Gasteiger partial charge is 0.0666 e. The van der Waals surface area contributed by atoms with Crippen LogP contribution >= 0.6 is 0 Å². The van der Waals surface area contributed by atoms with Crippen molar-refractivity contribution in [1.82, 2.24) is 9.78 Å². The molecule has 1 aromatic heterocycles. The molecule has 2 aromatic rings. The van der Waals surface area contributed by atoms with Crippen LogP contribution in [0.2, 0.25) is 0 Å². The zero-order valence-electron chi connectivity index (χ0n) is 13.0. The maximum atomic E-state index is 4.30. The summed E-state index contributed by atoms with van der Waals surface area (Å²) in [5.74, 6) is 1.66. The van der Waals surface area contributed by atoms with Gasteiger partial charge in [0.25, 0.3) is 0 Å². The summed E-state index contributed by atoms with van der Waals surface area (Å²) in [7, 11) is 0. The van der Waals surface area contributed by atoms with Crippen LogP contribution in [-0.4, -0.2) is 15.8 Å². The van der Waals surface area contributed by atoms with E-state index in [1.54, 1.807) is 0 Å². The third-order valence-electron chi connectivity index (χ3n) is 4.64. The lowest BCUT2D eigenvalue weighted by Gasteiger charge is -2.32. The van der Waals surface area contributed by atoms with Crippen molar-refractivity contribution in [2.24, 2.45) is 11.8 Å². The molecule has 0 radical (unpaired) electrons. The summed E-state index contributed by atoms with van der Waals surface area (Å²) < 4.78 is 1.91. The van der Waals surface area contributed by atoms with Crippen molar-refractivity contribution in [3.63, 3.8) is 0 Å². The van der Waals surface area contributed by atoms with Gasteiger partial charge in [-0.25, -0.2) is 4.68 Å². The Morgan fingerprint density at radius 3 is 2.90 bits per heavy atom. The van der Waals surface area contributed by atoms with Crippen LogP contribution in [0.25, 0.3) is 5.69 Å². The standard InChI is InChI=1S/C18H25N3/c1-14(2)15-6-3-7-16(12-15)20-17-8-4-9-18(13-17)21-11-5-10-19-21/h4-5,8-11,13-16,20H,3,6-7,12H2,1-2H3. The van der Waals surface area contributed by atoms with E-state index in [1.807, 2.05) is 23.1 Å². The molecule has 3 rings (SSSR count). The number of aromatic nitrogens is 2. The quantitative estimate of drug-likeness (QED) is 0.895. The van der Waals surface area contributed by atoms with E-state index in [2.05, 4.69) is 48.5 Å². The maximum absolute atomic E-state index is 4.30. The number of anilines is 1. The van der Waals surface area contributed by atoms with Crippen molar-refractivity contribution in [1.29, 1.82) is 0 Å². The summed E-state index contributed by atoms with van der Waals surface area (Å²) in [5.41, 5.74) is 2.32. The fraction of sp³-hybridized carbons (Fsp3) is 0.500. The summed E-state index contributed by atoms with van der Waals surface area (Å²) in [5, 5.41) is 8.03. The third-order valence-corrected chi connectivity index (χ3v) is 4.64. The summed E-state index contributed by atoms with van der Waals surface area (Å²) >= 11 is 0. The molecule has 0 spiro atoms. The van der Waals surface area contributed by atoms with Gasteiger partial charge >= 0.3 is 0 Å². The van der Waals surface area contributed by atoms with Gasteiger partial charge in [-0.1, -0.05) is 32.8 Å². The number of nitrogens with one attached hydrogen (secondary N) is 1. The van der Waals surface area contributed by atoms with E-state index in [4.69, 9.17) is 0 Å². The molecule has 2 atom stereocenters. The number of rotatable bonds is 4. The Morgan fingerprint density at radius 1 is 1.24 bits per heavy atom. The highest BCUT2D eigenvalue weighted by atomic mass is 15.3. The molecule has 1 aliphatic carbocycles. The first-order valence-electron chi connectivity index (χ1n) is 8.09. The molecular weight excluding hydrogens is 258 g/mol. The Morgan fingerprint density at radius 2 is 2.14 bits per heavy atom. The lowest BCUT2D eigenvalue weighted by molar-refractivity contribution is 0.264. The second-order valence-corrected chi connectivity index (χ2v) is 6.51. The van der Waals surface area contributed by atoms with E-state index in [9.17, 15) is 0 Å². The van der Waals surface area contributed by atoms with Gasteiger partial charge in [-0.2, -0.15) is 5.10 Å². The second-order valence-electron chi connectivity index (χ2n) is 6.51. The molecule has 0 bridgehead atoms. The van der Waals surface area contributed by atoms with E-state index in [1.165, 1.54) is 31.4 Å². The molecule has 1 aromatic carbocycles. The van der Waals surface area contributed by atoms with E-state index >= 15 is 0 Å². The van der Waals surface area contributed by atoms with Crippen molar-refractivity contribution in [2.75, 3.05) is 5.32 Å². The van der Waals surface area contributed by atoms with Gasteiger partial charge in [0.15, 0.2) is 0 Å². The highest BCUT2D eigenvalue weighted by Gasteiger charge is 2.23. The second kappa shape index (κ2) is 6.33. The van der Waals surface area contributed by atoms with Crippen LogP contribution in [0.15, 0.2) is 42.7 Å². The number of nitrogens with zero attached hydrogens (tertiary/aromatic N) is 2. The van der Waals surface area contributed by atoms with Gasteiger partial charge in [0.1, 0.15) is 0 Å². The molecule has 1 fully saturated rings. The average Bonchev–Trinajstić information content (AvgIpc) is 3.02. The summed E-state index contributed by atoms with van der Waals surface area (Å²) in [4.78, 5) is 0. The lowest BCUT2D eigenvalue weighted by atomic mass is 9.79. The van der Waals surface area contributed by atoms with Crippen molar-refractivity contribution >= 4 is 5.69 Å². The van der Waals surface area contributed by atoms with Gasteiger partial charge in [-0.15, -0.1) is 0 Å². The number of hydrogen-bond acceptors (Lipinski definition) is 2. The number of benzene rings is 1. The Bertz CT molecular complexity index is 560. The molecule has 0 saturated heterocycles. The van der Waals surface area contributed by atoms with Crippen LogP contribution in [0.3, 0.4) is 0 Å². The van der Waals surface area contributed by atoms with E-state index < -0.39 is 0 Å². The summed E-state index contributed by atoms with van der Waals surface area (Å²) in [6.07, 6.45) is 9.12.